The summed E-state index contributed by atoms with van der Waals surface area (Å²) in [5, 5.41) is 4.14. The maximum absolute atomic E-state index is 5.44. The standard InChI is InChI=1S/C8H14N4OS/c9-7-11-8(14-12-7)10-6-2-1-4-13-5-3-6/h6H,1-5H2,(H3,9,10,11,12). The first-order valence-electron chi connectivity index (χ1n) is 4.78. The lowest BCUT2D eigenvalue weighted by Crippen LogP contribution is -2.19. The minimum absolute atomic E-state index is 0.349. The molecule has 2 rings (SSSR count). The molecule has 0 bridgehead atoms. The maximum Gasteiger partial charge on any atom is 0.233 e. The first kappa shape index (κ1) is 9.67. The van der Waals surface area contributed by atoms with Crippen LogP contribution in [0.15, 0.2) is 0 Å². The molecule has 0 amide bonds. The van der Waals surface area contributed by atoms with Crippen LogP contribution in [0.2, 0.25) is 0 Å². The van der Waals surface area contributed by atoms with Crippen molar-refractivity contribution < 1.29 is 4.74 Å². The molecule has 78 valence electrons. The van der Waals surface area contributed by atoms with Crippen LogP contribution < -0.4 is 11.1 Å². The lowest BCUT2D eigenvalue weighted by Gasteiger charge is -2.13. The number of nitrogen functional groups attached to an aromatic ring is 1. The molecule has 1 fully saturated rings. The number of anilines is 2. The van der Waals surface area contributed by atoms with Crippen LogP contribution in [0, 0.1) is 0 Å². The molecule has 0 aromatic carbocycles. The summed E-state index contributed by atoms with van der Waals surface area (Å²) in [6.07, 6.45) is 3.25. The number of rotatable bonds is 2. The van der Waals surface area contributed by atoms with Crippen molar-refractivity contribution >= 4 is 22.6 Å². The number of aromatic nitrogens is 2. The van der Waals surface area contributed by atoms with Crippen LogP contribution in [0.4, 0.5) is 11.1 Å². The van der Waals surface area contributed by atoms with Gasteiger partial charge in [-0.3, -0.25) is 0 Å². The van der Waals surface area contributed by atoms with E-state index in [2.05, 4.69) is 14.7 Å². The second-order valence-corrected chi connectivity index (χ2v) is 4.09. The summed E-state index contributed by atoms with van der Waals surface area (Å²) in [6, 6.07) is 0.449. The van der Waals surface area contributed by atoms with E-state index in [9.17, 15) is 0 Å². The van der Waals surface area contributed by atoms with Crippen molar-refractivity contribution in [2.75, 3.05) is 24.3 Å². The van der Waals surface area contributed by atoms with Gasteiger partial charge in [-0.05, 0) is 19.3 Å². The minimum atomic E-state index is 0.349. The van der Waals surface area contributed by atoms with Gasteiger partial charge in [-0.15, -0.1) is 0 Å². The molecule has 5 nitrogen and oxygen atoms in total. The third-order valence-corrected chi connectivity index (χ3v) is 2.88. The van der Waals surface area contributed by atoms with Crippen molar-refractivity contribution in [2.45, 2.75) is 25.3 Å². The largest absolute Gasteiger partial charge is 0.381 e. The van der Waals surface area contributed by atoms with Crippen molar-refractivity contribution in [1.29, 1.82) is 0 Å². The molecule has 3 N–H and O–H groups in total. The molecular formula is C8H14N4OS. The number of hydrogen-bond acceptors (Lipinski definition) is 6. The van der Waals surface area contributed by atoms with Gasteiger partial charge < -0.3 is 15.8 Å². The van der Waals surface area contributed by atoms with Crippen molar-refractivity contribution in [3.05, 3.63) is 0 Å². The second kappa shape index (κ2) is 4.56. The highest BCUT2D eigenvalue weighted by Gasteiger charge is 2.13. The van der Waals surface area contributed by atoms with Gasteiger partial charge in [-0.1, -0.05) is 0 Å². The fourth-order valence-electron chi connectivity index (χ4n) is 1.52. The molecule has 14 heavy (non-hydrogen) atoms. The fourth-order valence-corrected chi connectivity index (χ4v) is 2.09. The van der Waals surface area contributed by atoms with Crippen LogP contribution in [0.3, 0.4) is 0 Å². The zero-order chi connectivity index (χ0) is 9.80. The Morgan fingerprint density at radius 3 is 3.14 bits per heavy atom. The van der Waals surface area contributed by atoms with Gasteiger partial charge >= 0.3 is 0 Å². The summed E-state index contributed by atoms with van der Waals surface area (Å²) in [7, 11) is 0. The van der Waals surface area contributed by atoms with Gasteiger partial charge in [-0.2, -0.15) is 9.36 Å². The number of ether oxygens (including phenoxy) is 1. The zero-order valence-electron chi connectivity index (χ0n) is 7.90. The normalized spacial score (nSPS) is 23.0. The van der Waals surface area contributed by atoms with Gasteiger partial charge in [0, 0.05) is 30.8 Å². The highest BCUT2D eigenvalue weighted by Crippen LogP contribution is 2.17. The summed E-state index contributed by atoms with van der Waals surface area (Å²) >= 11 is 1.31. The smallest absolute Gasteiger partial charge is 0.233 e. The predicted molar refractivity (Wildman–Crippen MR) is 56.4 cm³/mol. The summed E-state index contributed by atoms with van der Waals surface area (Å²) < 4.78 is 9.29. The fraction of sp³-hybridized carbons (Fsp3) is 0.750. The summed E-state index contributed by atoms with van der Waals surface area (Å²) in [5.41, 5.74) is 5.44. The second-order valence-electron chi connectivity index (χ2n) is 3.34. The van der Waals surface area contributed by atoms with Gasteiger partial charge in [-0.25, -0.2) is 0 Å². The molecule has 1 aromatic rings. The van der Waals surface area contributed by atoms with Crippen molar-refractivity contribution in [3.8, 4) is 0 Å². The zero-order valence-corrected chi connectivity index (χ0v) is 8.72. The molecule has 1 unspecified atom stereocenters. The molecule has 1 saturated heterocycles. The van der Waals surface area contributed by atoms with E-state index in [1.165, 1.54) is 11.5 Å². The molecule has 1 aliphatic heterocycles. The summed E-state index contributed by atoms with van der Waals surface area (Å²) in [6.45, 7) is 1.70. The molecule has 0 aliphatic carbocycles. The van der Waals surface area contributed by atoms with Crippen LogP contribution in [0.1, 0.15) is 19.3 Å². The van der Waals surface area contributed by atoms with E-state index in [0.717, 1.165) is 37.6 Å². The lowest BCUT2D eigenvalue weighted by atomic mass is 10.1. The molecule has 0 radical (unpaired) electrons. The quantitative estimate of drug-likeness (QED) is 0.771. The van der Waals surface area contributed by atoms with E-state index in [1.807, 2.05) is 0 Å². The highest BCUT2D eigenvalue weighted by molar-refractivity contribution is 7.09. The van der Waals surface area contributed by atoms with Gasteiger partial charge in [0.1, 0.15) is 0 Å². The molecule has 1 atom stereocenters. The molecule has 0 saturated carbocycles. The lowest BCUT2D eigenvalue weighted by molar-refractivity contribution is 0.144. The average Bonchev–Trinajstić information content (AvgIpc) is 2.43. The summed E-state index contributed by atoms with van der Waals surface area (Å²) in [5.74, 6) is 0.349. The number of hydrogen-bond donors (Lipinski definition) is 2. The van der Waals surface area contributed by atoms with Crippen molar-refractivity contribution in [3.63, 3.8) is 0 Å². The monoisotopic (exact) mass is 214 g/mol. The topological polar surface area (TPSA) is 73.1 Å². The Morgan fingerprint density at radius 2 is 2.36 bits per heavy atom. The number of nitrogens with one attached hydrogen (secondary N) is 1. The van der Waals surface area contributed by atoms with Crippen LogP contribution in [0.5, 0.6) is 0 Å². The van der Waals surface area contributed by atoms with E-state index in [-0.39, 0.29) is 0 Å². The Balaban J connectivity index is 1.89. The molecule has 1 aliphatic rings. The Labute approximate surface area is 86.8 Å². The Morgan fingerprint density at radius 1 is 1.43 bits per heavy atom. The van der Waals surface area contributed by atoms with Crippen LogP contribution in [0.25, 0.3) is 0 Å². The Bertz CT molecular complexity index is 283. The molecule has 1 aromatic heterocycles. The first-order valence-corrected chi connectivity index (χ1v) is 5.55. The van der Waals surface area contributed by atoms with E-state index in [1.54, 1.807) is 0 Å². The number of nitrogens with two attached hydrogens (primary N) is 1. The van der Waals surface area contributed by atoms with E-state index in [0.29, 0.717) is 12.0 Å². The third kappa shape index (κ3) is 2.55. The predicted octanol–water partition coefficient (Wildman–Crippen LogP) is 1.10. The third-order valence-electron chi connectivity index (χ3n) is 2.22. The van der Waals surface area contributed by atoms with Gasteiger partial charge in [0.05, 0.1) is 0 Å². The van der Waals surface area contributed by atoms with Crippen LogP contribution in [-0.4, -0.2) is 28.6 Å². The first-order chi connectivity index (χ1) is 6.84. The average molecular weight is 214 g/mol. The van der Waals surface area contributed by atoms with Crippen LogP contribution in [-0.2, 0) is 4.74 Å². The van der Waals surface area contributed by atoms with Crippen molar-refractivity contribution in [2.24, 2.45) is 0 Å². The number of nitrogens with zero attached hydrogens (tertiary/aromatic N) is 2. The molecule has 6 heteroatoms. The van der Waals surface area contributed by atoms with Gasteiger partial charge in [0.15, 0.2) is 0 Å². The van der Waals surface area contributed by atoms with Crippen molar-refractivity contribution in [1.82, 2.24) is 9.36 Å². The molecule has 0 spiro atoms. The Hall–Kier alpha value is -0.880. The Kier molecular flexibility index (Phi) is 3.15. The van der Waals surface area contributed by atoms with Crippen LogP contribution >= 0.6 is 11.5 Å². The van der Waals surface area contributed by atoms with Gasteiger partial charge in [0.2, 0.25) is 11.1 Å². The minimum Gasteiger partial charge on any atom is -0.381 e. The molecule has 2 heterocycles. The SMILES string of the molecule is Nc1nsc(NC2CCCOCC2)n1. The van der Waals surface area contributed by atoms with E-state index < -0.39 is 0 Å². The maximum atomic E-state index is 5.44. The van der Waals surface area contributed by atoms with Gasteiger partial charge in [0.25, 0.3) is 0 Å². The molecular weight excluding hydrogens is 200 g/mol. The highest BCUT2D eigenvalue weighted by atomic mass is 32.1. The van der Waals surface area contributed by atoms with E-state index in [4.69, 9.17) is 10.5 Å². The van der Waals surface area contributed by atoms with E-state index >= 15 is 0 Å². The summed E-state index contributed by atoms with van der Waals surface area (Å²) in [4.78, 5) is 4.07.